The van der Waals surface area contributed by atoms with Gasteiger partial charge in [0.2, 0.25) is 0 Å². The average molecular weight is 286 g/mol. The van der Waals surface area contributed by atoms with Crippen molar-refractivity contribution in [2.75, 3.05) is 0 Å². The second kappa shape index (κ2) is 89.1. The van der Waals surface area contributed by atoms with E-state index in [-0.39, 0.29) is 72.7 Å². The molecule has 8 N–H and O–H groups in total. The van der Waals surface area contributed by atoms with E-state index in [1.54, 1.807) is 0 Å². The minimum Gasteiger partial charge on any atom is -1.00 e. The maximum absolute atomic E-state index is 0. The van der Waals surface area contributed by atoms with E-state index in [0.29, 0.717) is 0 Å². The van der Waals surface area contributed by atoms with Gasteiger partial charge in [-0.2, -0.15) is 0 Å². The molecule has 6 heavy (non-hydrogen) atoms. The molecule has 6 heteroatoms. The molecule has 0 saturated carbocycles. The summed E-state index contributed by atoms with van der Waals surface area (Å²) in [5.74, 6) is 0. The Balaban J connectivity index is 0. The van der Waals surface area contributed by atoms with Crippen molar-refractivity contribution in [3.63, 3.8) is 0 Å². The molecule has 0 saturated heterocycles. The van der Waals surface area contributed by atoms with Crippen LogP contribution in [0.25, 0.3) is 0 Å². The fraction of sp³-hybridized carbons (Fsp3) is 0. The Hall–Kier alpha value is 1.48. The molecule has 42 valence electrons. The van der Waals surface area contributed by atoms with Crippen molar-refractivity contribution in [3.8, 4) is 0 Å². The van der Waals surface area contributed by atoms with Crippen LogP contribution in [0.4, 0.5) is 0 Å². The van der Waals surface area contributed by atoms with Crippen LogP contribution in [0, 0.1) is 0 Å². The van der Waals surface area contributed by atoms with Crippen LogP contribution in [-0.2, 0) is 19.8 Å². The predicted molar refractivity (Wildman–Crippen MR) is 15.6 cm³/mol. The van der Waals surface area contributed by atoms with Gasteiger partial charge in [0.25, 0.3) is 0 Å². The molecule has 0 radical (unpaired) electrons. The summed E-state index contributed by atoms with van der Waals surface area (Å²) in [4.78, 5) is 0. The molecule has 0 heterocycles. The molecule has 0 amide bonds. The molecule has 0 rings (SSSR count). The molecule has 0 aliphatic heterocycles. The summed E-state index contributed by atoms with van der Waals surface area (Å²) in [6, 6.07) is 0. The molecule has 0 aromatic rings. The van der Waals surface area contributed by atoms with Gasteiger partial charge in [-0.1, -0.05) is 0 Å². The van der Waals surface area contributed by atoms with Crippen LogP contribution >= 0.6 is 0 Å². The van der Waals surface area contributed by atoms with Crippen molar-refractivity contribution in [2.45, 2.75) is 0 Å². The maximum Gasteiger partial charge on any atom is 1.00 e. The van der Waals surface area contributed by atoms with Crippen LogP contribution in [0.15, 0.2) is 0 Å². The molecule has 0 atom stereocenters. The van der Waals surface area contributed by atoms with E-state index in [2.05, 4.69) is 0 Å². The SMILES string of the molecule is O.O.O.O.[H-].[Na+].[Os]. The Kier molecular flexibility index (Phi) is 2140. The molecule has 0 unspecified atom stereocenters. The Morgan fingerprint density at radius 3 is 0.667 bits per heavy atom. The standard InChI is InChI=1S/Na.4H2O.Os.H/h;4*1H2;;/q+1;;;;;;-1. The van der Waals surface area contributed by atoms with Crippen molar-refractivity contribution >= 4 is 0 Å². The van der Waals surface area contributed by atoms with Gasteiger partial charge in [-0.25, -0.2) is 0 Å². The van der Waals surface area contributed by atoms with E-state index in [4.69, 9.17) is 0 Å². The van der Waals surface area contributed by atoms with Crippen molar-refractivity contribution in [1.29, 1.82) is 0 Å². The van der Waals surface area contributed by atoms with Crippen LogP contribution < -0.4 is 29.6 Å². The third-order valence-electron chi connectivity index (χ3n) is 0. The van der Waals surface area contributed by atoms with Crippen molar-refractivity contribution in [1.82, 2.24) is 0 Å². The van der Waals surface area contributed by atoms with Crippen LogP contribution in [0.5, 0.6) is 0 Å². The van der Waals surface area contributed by atoms with E-state index in [1.165, 1.54) is 0 Å². The molecule has 0 fully saturated rings. The van der Waals surface area contributed by atoms with Gasteiger partial charge in [0, 0.05) is 19.8 Å². The molecule has 0 aromatic carbocycles. The van der Waals surface area contributed by atoms with Crippen molar-refractivity contribution < 1.29 is 72.7 Å². The Bertz CT molecular complexity index is 11.7. The molecule has 0 aromatic heterocycles. The molecule has 0 aliphatic carbocycles. The van der Waals surface area contributed by atoms with Crippen LogP contribution in [0.1, 0.15) is 1.43 Å². The summed E-state index contributed by atoms with van der Waals surface area (Å²) in [5.41, 5.74) is 0. The van der Waals surface area contributed by atoms with E-state index >= 15 is 0 Å². The fourth-order valence-electron chi connectivity index (χ4n) is 0. The second-order valence-electron chi connectivity index (χ2n) is 0. The maximum atomic E-state index is 0. The van der Waals surface area contributed by atoms with Gasteiger partial charge in [0.15, 0.2) is 0 Å². The first kappa shape index (κ1) is 144. The Morgan fingerprint density at radius 1 is 0.667 bits per heavy atom. The minimum absolute atomic E-state index is 0. The van der Waals surface area contributed by atoms with Gasteiger partial charge >= 0.3 is 29.6 Å². The van der Waals surface area contributed by atoms with Gasteiger partial charge in [-0.15, -0.1) is 0 Å². The van der Waals surface area contributed by atoms with E-state index in [1.807, 2.05) is 0 Å². The predicted octanol–water partition coefficient (Wildman–Crippen LogP) is -6.18. The zero-order valence-corrected chi connectivity index (χ0v) is 7.89. The van der Waals surface area contributed by atoms with Crippen molar-refractivity contribution in [2.24, 2.45) is 0 Å². The summed E-state index contributed by atoms with van der Waals surface area (Å²) >= 11 is 0. The number of hydrogen-bond acceptors (Lipinski definition) is 0. The number of hydrogen-bond donors (Lipinski definition) is 0. The quantitative estimate of drug-likeness (QED) is 0.393. The van der Waals surface area contributed by atoms with Crippen LogP contribution in [0.2, 0.25) is 0 Å². The first-order chi connectivity index (χ1) is 0. The Labute approximate surface area is 72.4 Å². The molecule has 4 nitrogen and oxygen atoms in total. The Morgan fingerprint density at radius 2 is 0.667 bits per heavy atom. The minimum atomic E-state index is 0. The normalized spacial score (nSPS) is 0. The number of rotatable bonds is 0. The van der Waals surface area contributed by atoms with Gasteiger partial charge in [-0.05, 0) is 0 Å². The molecular formula is H9NaO4Os. The molecular weight excluding hydrogens is 277 g/mol. The van der Waals surface area contributed by atoms with E-state index < -0.39 is 0 Å². The van der Waals surface area contributed by atoms with Gasteiger partial charge in [0.05, 0.1) is 0 Å². The zero-order valence-electron chi connectivity index (χ0n) is 4.35. The van der Waals surface area contributed by atoms with Crippen molar-refractivity contribution in [3.05, 3.63) is 0 Å². The largest absolute Gasteiger partial charge is 1.00 e. The van der Waals surface area contributed by atoms with E-state index in [9.17, 15) is 0 Å². The topological polar surface area (TPSA) is 126 Å². The molecule has 0 aliphatic rings. The third-order valence-corrected chi connectivity index (χ3v) is 0. The zero-order chi connectivity index (χ0) is 0. The first-order valence-corrected chi connectivity index (χ1v) is 0. The summed E-state index contributed by atoms with van der Waals surface area (Å²) in [6.07, 6.45) is 0. The van der Waals surface area contributed by atoms with E-state index in [0.717, 1.165) is 0 Å². The fourth-order valence-corrected chi connectivity index (χ4v) is 0. The van der Waals surface area contributed by atoms with Gasteiger partial charge in [0.1, 0.15) is 0 Å². The molecule has 0 spiro atoms. The van der Waals surface area contributed by atoms with Gasteiger partial charge < -0.3 is 23.3 Å². The average Bonchev–Trinajstić information content (AvgIpc) is 0. The monoisotopic (exact) mass is 288 g/mol. The van der Waals surface area contributed by atoms with Gasteiger partial charge in [-0.3, -0.25) is 0 Å². The van der Waals surface area contributed by atoms with Crippen LogP contribution in [0.3, 0.4) is 0 Å². The summed E-state index contributed by atoms with van der Waals surface area (Å²) in [7, 11) is 0. The van der Waals surface area contributed by atoms with Crippen LogP contribution in [-0.4, -0.2) is 21.9 Å². The molecule has 0 bridgehead atoms. The summed E-state index contributed by atoms with van der Waals surface area (Å²) < 4.78 is 0. The first-order valence-electron chi connectivity index (χ1n) is 0. The summed E-state index contributed by atoms with van der Waals surface area (Å²) in [6.45, 7) is 0. The third kappa shape index (κ3) is 50.3. The smallest absolute Gasteiger partial charge is 1.00 e. The summed E-state index contributed by atoms with van der Waals surface area (Å²) in [5, 5.41) is 0. The second-order valence-corrected chi connectivity index (χ2v) is 0.